The SMILES string of the molecule is CNCC(C)N1CCC[C@@H]([C@@](O)(CCCCOC)c2cc(C)ccc2Oc2ccc(C)cc2)C1. The van der Waals surface area contributed by atoms with E-state index >= 15 is 0 Å². The van der Waals surface area contributed by atoms with Gasteiger partial charge in [0.25, 0.3) is 0 Å². The fourth-order valence-corrected chi connectivity index (χ4v) is 5.23. The summed E-state index contributed by atoms with van der Waals surface area (Å²) in [4.78, 5) is 2.53. The summed E-state index contributed by atoms with van der Waals surface area (Å²) in [5, 5.41) is 15.8. The predicted molar refractivity (Wildman–Crippen MR) is 140 cm³/mol. The summed E-state index contributed by atoms with van der Waals surface area (Å²) in [7, 11) is 3.74. The highest BCUT2D eigenvalue weighted by atomic mass is 16.5. The van der Waals surface area contributed by atoms with Crippen LogP contribution in [-0.4, -0.2) is 56.4 Å². The summed E-state index contributed by atoms with van der Waals surface area (Å²) in [5.74, 6) is 1.69. The van der Waals surface area contributed by atoms with E-state index in [0.717, 1.165) is 67.9 Å². The molecule has 1 unspecified atom stereocenters. The van der Waals surface area contributed by atoms with Gasteiger partial charge in [-0.05, 0) is 90.7 Å². The lowest BCUT2D eigenvalue weighted by molar-refractivity contribution is -0.0676. The van der Waals surface area contributed by atoms with E-state index in [9.17, 15) is 5.11 Å². The van der Waals surface area contributed by atoms with Gasteiger partial charge in [0.1, 0.15) is 11.5 Å². The van der Waals surface area contributed by atoms with Gasteiger partial charge in [-0.3, -0.25) is 4.90 Å². The Morgan fingerprint density at radius 1 is 1.12 bits per heavy atom. The molecule has 1 aliphatic heterocycles. The maximum atomic E-state index is 12.5. The van der Waals surface area contributed by atoms with Gasteiger partial charge in [-0.15, -0.1) is 0 Å². The van der Waals surface area contributed by atoms with Gasteiger partial charge in [0.2, 0.25) is 0 Å². The minimum absolute atomic E-state index is 0.144. The summed E-state index contributed by atoms with van der Waals surface area (Å²) in [5.41, 5.74) is 2.29. The zero-order chi connectivity index (χ0) is 24.6. The molecule has 0 aliphatic carbocycles. The van der Waals surface area contributed by atoms with E-state index in [1.807, 2.05) is 25.2 Å². The summed E-state index contributed by atoms with van der Waals surface area (Å²) >= 11 is 0. The molecule has 0 radical (unpaired) electrons. The van der Waals surface area contributed by atoms with Gasteiger partial charge in [-0.2, -0.15) is 0 Å². The molecule has 0 aromatic heterocycles. The van der Waals surface area contributed by atoms with Crippen molar-refractivity contribution in [1.29, 1.82) is 0 Å². The monoisotopic (exact) mass is 468 g/mol. The van der Waals surface area contributed by atoms with Crippen molar-refractivity contribution in [2.75, 3.05) is 40.4 Å². The Kier molecular flexibility index (Phi) is 9.96. The third-order valence-electron chi connectivity index (χ3n) is 7.26. The second-order valence-electron chi connectivity index (χ2n) is 10.0. The number of ether oxygens (including phenoxy) is 2. The van der Waals surface area contributed by atoms with Gasteiger partial charge in [0.15, 0.2) is 0 Å². The van der Waals surface area contributed by atoms with E-state index in [4.69, 9.17) is 9.47 Å². The molecule has 188 valence electrons. The van der Waals surface area contributed by atoms with E-state index in [1.54, 1.807) is 7.11 Å². The van der Waals surface area contributed by atoms with E-state index in [2.05, 4.69) is 55.3 Å². The van der Waals surface area contributed by atoms with Crippen LogP contribution in [0.3, 0.4) is 0 Å². The molecule has 34 heavy (non-hydrogen) atoms. The van der Waals surface area contributed by atoms with Gasteiger partial charge in [0, 0.05) is 44.3 Å². The second-order valence-corrected chi connectivity index (χ2v) is 10.0. The smallest absolute Gasteiger partial charge is 0.133 e. The van der Waals surface area contributed by atoms with Crippen molar-refractivity contribution in [2.24, 2.45) is 5.92 Å². The van der Waals surface area contributed by atoms with Crippen molar-refractivity contribution in [2.45, 2.75) is 64.5 Å². The van der Waals surface area contributed by atoms with Crippen molar-refractivity contribution in [1.82, 2.24) is 10.2 Å². The lowest BCUT2D eigenvalue weighted by Gasteiger charge is -2.45. The fraction of sp³-hybridized carbons (Fsp3) is 0.586. The molecular weight excluding hydrogens is 424 g/mol. The molecule has 1 heterocycles. The van der Waals surface area contributed by atoms with Crippen LogP contribution in [-0.2, 0) is 10.3 Å². The van der Waals surface area contributed by atoms with Crippen LogP contribution >= 0.6 is 0 Å². The molecule has 0 amide bonds. The number of aliphatic hydroxyl groups is 1. The van der Waals surface area contributed by atoms with Crippen LogP contribution in [0.5, 0.6) is 11.5 Å². The van der Waals surface area contributed by atoms with Gasteiger partial charge in [0.05, 0.1) is 5.60 Å². The normalized spacial score (nSPS) is 19.5. The number of likely N-dealkylation sites (N-methyl/N-ethyl adjacent to an activating group) is 1. The van der Waals surface area contributed by atoms with Crippen molar-refractivity contribution in [3.8, 4) is 11.5 Å². The highest BCUT2D eigenvalue weighted by Gasteiger charge is 2.42. The number of hydrogen-bond acceptors (Lipinski definition) is 5. The standard InChI is InChI=1S/C29H44N2O3/c1-22-10-13-26(14-11-22)34-28-15-12-23(2)19-27(28)29(32,16-6-7-18-33-5)25-9-8-17-31(21-25)24(3)20-30-4/h10-15,19,24-25,30,32H,6-9,16-18,20-21H2,1-5H3/t24?,25-,29+/m1/s1. The number of rotatable bonds is 12. The number of nitrogens with one attached hydrogen (secondary N) is 1. The van der Waals surface area contributed by atoms with Crippen molar-refractivity contribution in [3.05, 3.63) is 59.2 Å². The second kappa shape index (κ2) is 12.7. The van der Waals surface area contributed by atoms with Crippen molar-refractivity contribution >= 4 is 0 Å². The van der Waals surface area contributed by atoms with Crippen LogP contribution in [0.4, 0.5) is 0 Å². The molecule has 2 aromatic carbocycles. The molecule has 1 saturated heterocycles. The van der Waals surface area contributed by atoms with Gasteiger partial charge >= 0.3 is 0 Å². The summed E-state index contributed by atoms with van der Waals surface area (Å²) < 4.78 is 11.7. The van der Waals surface area contributed by atoms with Crippen LogP contribution in [0.15, 0.2) is 42.5 Å². The molecule has 0 bridgehead atoms. The van der Waals surface area contributed by atoms with Crippen LogP contribution in [0.25, 0.3) is 0 Å². The molecule has 3 atom stereocenters. The number of unbranched alkanes of at least 4 members (excludes halogenated alkanes) is 1. The first-order valence-electron chi connectivity index (χ1n) is 12.8. The third kappa shape index (κ3) is 6.82. The Balaban J connectivity index is 1.95. The van der Waals surface area contributed by atoms with Gasteiger partial charge in [-0.25, -0.2) is 0 Å². The van der Waals surface area contributed by atoms with Gasteiger partial charge < -0.3 is 19.9 Å². The molecule has 2 N–H and O–H groups in total. The highest BCUT2D eigenvalue weighted by Crippen LogP contribution is 2.45. The topological polar surface area (TPSA) is 54.0 Å². The summed E-state index contributed by atoms with van der Waals surface area (Å²) in [6.45, 7) is 10.1. The number of methoxy groups -OCH3 is 1. The molecule has 3 rings (SSSR count). The number of piperidine rings is 1. The van der Waals surface area contributed by atoms with Crippen molar-refractivity contribution in [3.63, 3.8) is 0 Å². The average Bonchev–Trinajstić information content (AvgIpc) is 2.84. The first-order chi connectivity index (χ1) is 16.4. The zero-order valence-corrected chi connectivity index (χ0v) is 21.8. The van der Waals surface area contributed by atoms with E-state index < -0.39 is 5.60 Å². The largest absolute Gasteiger partial charge is 0.457 e. The fourth-order valence-electron chi connectivity index (χ4n) is 5.23. The van der Waals surface area contributed by atoms with E-state index in [1.165, 1.54) is 5.56 Å². The van der Waals surface area contributed by atoms with E-state index in [0.29, 0.717) is 19.1 Å². The Morgan fingerprint density at radius 3 is 2.56 bits per heavy atom. The first kappa shape index (κ1) is 26.7. The number of likely N-dealkylation sites (tertiary alicyclic amines) is 1. The molecule has 5 heteroatoms. The lowest BCUT2D eigenvalue weighted by atomic mass is 9.73. The lowest BCUT2D eigenvalue weighted by Crippen LogP contribution is -2.50. The highest BCUT2D eigenvalue weighted by molar-refractivity contribution is 5.44. The maximum Gasteiger partial charge on any atom is 0.133 e. The quantitative estimate of drug-likeness (QED) is 0.407. The average molecular weight is 469 g/mol. The Bertz CT molecular complexity index is 885. The molecular formula is C29H44N2O3. The molecule has 1 fully saturated rings. The van der Waals surface area contributed by atoms with Gasteiger partial charge in [-0.1, -0.05) is 29.3 Å². The summed E-state index contributed by atoms with van der Waals surface area (Å²) in [6.07, 6.45) is 4.65. The number of hydrogen-bond donors (Lipinski definition) is 2. The maximum absolute atomic E-state index is 12.5. The Morgan fingerprint density at radius 2 is 1.85 bits per heavy atom. The van der Waals surface area contributed by atoms with Crippen molar-refractivity contribution < 1.29 is 14.6 Å². The molecule has 1 aliphatic rings. The molecule has 0 spiro atoms. The number of aryl methyl sites for hydroxylation is 2. The Labute approximate surface area is 206 Å². The van der Waals surface area contributed by atoms with E-state index in [-0.39, 0.29) is 5.92 Å². The minimum Gasteiger partial charge on any atom is -0.457 e. The van der Waals surface area contributed by atoms with Crippen LogP contribution in [0, 0.1) is 19.8 Å². The summed E-state index contributed by atoms with van der Waals surface area (Å²) in [6, 6.07) is 14.8. The number of benzene rings is 2. The third-order valence-corrected chi connectivity index (χ3v) is 7.26. The number of nitrogens with zero attached hydrogens (tertiary/aromatic N) is 1. The zero-order valence-electron chi connectivity index (χ0n) is 21.8. The van der Waals surface area contributed by atoms with Crippen LogP contribution in [0.1, 0.15) is 55.7 Å². The molecule has 5 nitrogen and oxygen atoms in total. The van der Waals surface area contributed by atoms with Crippen LogP contribution < -0.4 is 10.1 Å². The Hall–Kier alpha value is -1.92. The molecule has 2 aromatic rings. The van der Waals surface area contributed by atoms with Crippen LogP contribution in [0.2, 0.25) is 0 Å². The minimum atomic E-state index is -0.960. The molecule has 0 saturated carbocycles. The first-order valence-corrected chi connectivity index (χ1v) is 12.8. The predicted octanol–water partition coefficient (Wildman–Crippen LogP) is 5.42.